The van der Waals surface area contributed by atoms with E-state index < -0.39 is 0 Å². The molecule has 0 saturated carbocycles. The van der Waals surface area contributed by atoms with E-state index in [1.54, 1.807) is 0 Å². The van der Waals surface area contributed by atoms with E-state index in [0.29, 0.717) is 18.0 Å². The van der Waals surface area contributed by atoms with Crippen LogP contribution in [0.3, 0.4) is 0 Å². The number of nitrogens with zero attached hydrogens (tertiary/aromatic N) is 3. The molecule has 2 saturated heterocycles. The monoisotopic (exact) mass is 296 g/mol. The molecule has 2 rings (SSSR count). The number of hydrogen-bond acceptors (Lipinski definition) is 4. The fourth-order valence-corrected chi connectivity index (χ4v) is 3.76. The van der Waals surface area contributed by atoms with Gasteiger partial charge in [0, 0.05) is 56.9 Å². The molecule has 0 amide bonds. The van der Waals surface area contributed by atoms with Crippen molar-refractivity contribution >= 4 is 0 Å². The largest absolute Gasteiger partial charge is 0.309 e. The van der Waals surface area contributed by atoms with Crippen LogP contribution in [0.15, 0.2) is 0 Å². The maximum absolute atomic E-state index is 3.80. The number of piperazine rings is 2. The second-order valence-electron chi connectivity index (χ2n) is 7.93. The Hall–Kier alpha value is -0.160. The molecule has 0 aliphatic carbocycles. The summed E-state index contributed by atoms with van der Waals surface area (Å²) in [4.78, 5) is 7.81. The summed E-state index contributed by atoms with van der Waals surface area (Å²) in [6, 6.07) is 1.34. The van der Waals surface area contributed by atoms with E-state index in [9.17, 15) is 0 Å². The molecule has 4 heteroatoms. The van der Waals surface area contributed by atoms with E-state index in [2.05, 4.69) is 61.8 Å². The van der Waals surface area contributed by atoms with Gasteiger partial charge in [0.1, 0.15) is 0 Å². The Kier molecular flexibility index (Phi) is 5.69. The van der Waals surface area contributed by atoms with Gasteiger partial charge in [-0.05, 0) is 33.4 Å². The minimum atomic E-state index is 0.282. The van der Waals surface area contributed by atoms with Crippen LogP contribution in [-0.2, 0) is 0 Å². The van der Waals surface area contributed by atoms with Crippen molar-refractivity contribution in [3.05, 3.63) is 0 Å². The van der Waals surface area contributed by atoms with Gasteiger partial charge < -0.3 is 10.2 Å². The zero-order chi connectivity index (χ0) is 15.6. The third-order valence-corrected chi connectivity index (χ3v) is 5.73. The molecule has 1 N–H and O–H groups in total. The van der Waals surface area contributed by atoms with E-state index in [0.717, 1.165) is 6.54 Å². The van der Waals surface area contributed by atoms with Gasteiger partial charge in [0.25, 0.3) is 0 Å². The first-order valence-electron chi connectivity index (χ1n) is 8.72. The maximum atomic E-state index is 3.80. The van der Waals surface area contributed by atoms with E-state index in [4.69, 9.17) is 0 Å². The zero-order valence-corrected chi connectivity index (χ0v) is 15.0. The van der Waals surface area contributed by atoms with Crippen LogP contribution in [0.2, 0.25) is 0 Å². The Morgan fingerprint density at radius 2 is 1.95 bits per heavy atom. The molecule has 2 heterocycles. The second-order valence-corrected chi connectivity index (χ2v) is 7.93. The smallest absolute Gasteiger partial charge is 0.0347 e. The normalized spacial score (nSPS) is 37.3. The quantitative estimate of drug-likeness (QED) is 0.845. The van der Waals surface area contributed by atoms with Gasteiger partial charge in [0.15, 0.2) is 0 Å². The van der Waals surface area contributed by atoms with Crippen LogP contribution < -0.4 is 5.32 Å². The Morgan fingerprint density at radius 3 is 2.57 bits per heavy atom. The Bertz CT molecular complexity index is 333. The summed E-state index contributed by atoms with van der Waals surface area (Å²) in [6.45, 7) is 16.5. The van der Waals surface area contributed by atoms with Crippen molar-refractivity contribution in [3.63, 3.8) is 0 Å². The first kappa shape index (κ1) is 17.2. The fraction of sp³-hybridized carbons (Fsp3) is 1.00. The first-order valence-corrected chi connectivity index (χ1v) is 8.72. The molecule has 124 valence electrons. The van der Waals surface area contributed by atoms with E-state index in [-0.39, 0.29) is 5.54 Å². The van der Waals surface area contributed by atoms with Crippen molar-refractivity contribution in [2.45, 2.75) is 51.7 Å². The minimum Gasteiger partial charge on any atom is -0.309 e. The standard InChI is InChI=1S/C17H36N4/c1-7-17(4)13-21(16(10-18-17)14(2)3)12-15-11-19(5)8-9-20(15)6/h14-16,18H,7-13H2,1-6H3. The maximum Gasteiger partial charge on any atom is 0.0347 e. The van der Waals surface area contributed by atoms with Gasteiger partial charge in [-0.25, -0.2) is 0 Å². The summed E-state index contributed by atoms with van der Waals surface area (Å²) in [6.07, 6.45) is 1.20. The van der Waals surface area contributed by atoms with Gasteiger partial charge in [-0.3, -0.25) is 9.80 Å². The Morgan fingerprint density at radius 1 is 1.24 bits per heavy atom. The third-order valence-electron chi connectivity index (χ3n) is 5.73. The average Bonchev–Trinajstić information content (AvgIpc) is 2.43. The highest BCUT2D eigenvalue weighted by Crippen LogP contribution is 2.24. The van der Waals surface area contributed by atoms with Crippen LogP contribution in [0.5, 0.6) is 0 Å². The number of nitrogens with one attached hydrogen (secondary N) is 1. The van der Waals surface area contributed by atoms with Crippen molar-refractivity contribution < 1.29 is 0 Å². The van der Waals surface area contributed by atoms with Crippen molar-refractivity contribution in [1.29, 1.82) is 0 Å². The molecular weight excluding hydrogens is 260 g/mol. The van der Waals surface area contributed by atoms with Gasteiger partial charge in [0.05, 0.1) is 0 Å². The molecule has 2 aliphatic rings. The molecular formula is C17H36N4. The molecule has 0 radical (unpaired) electrons. The van der Waals surface area contributed by atoms with Crippen LogP contribution in [0.4, 0.5) is 0 Å². The lowest BCUT2D eigenvalue weighted by atomic mass is 9.89. The van der Waals surface area contributed by atoms with Crippen LogP contribution in [-0.4, -0.2) is 85.7 Å². The molecule has 0 aromatic rings. The van der Waals surface area contributed by atoms with Crippen LogP contribution in [0.1, 0.15) is 34.1 Å². The van der Waals surface area contributed by atoms with E-state index in [1.807, 2.05) is 0 Å². The molecule has 3 atom stereocenters. The molecule has 0 aromatic carbocycles. The molecule has 0 bridgehead atoms. The van der Waals surface area contributed by atoms with Crippen molar-refractivity contribution in [1.82, 2.24) is 20.0 Å². The van der Waals surface area contributed by atoms with E-state index in [1.165, 1.54) is 39.1 Å². The SMILES string of the molecule is CCC1(C)CN(CC2CN(C)CCN2C)C(C(C)C)CN1. The number of likely N-dealkylation sites (N-methyl/N-ethyl adjacent to an activating group) is 2. The van der Waals surface area contributed by atoms with E-state index >= 15 is 0 Å². The Labute approximate surface area is 131 Å². The predicted molar refractivity (Wildman–Crippen MR) is 90.8 cm³/mol. The predicted octanol–water partition coefficient (Wildman–Crippen LogP) is 1.33. The third kappa shape index (κ3) is 4.19. The van der Waals surface area contributed by atoms with Gasteiger partial charge in [0.2, 0.25) is 0 Å². The topological polar surface area (TPSA) is 21.8 Å². The van der Waals surface area contributed by atoms with Crippen LogP contribution in [0, 0.1) is 5.92 Å². The summed E-state index contributed by atoms with van der Waals surface area (Å²) < 4.78 is 0. The molecule has 0 spiro atoms. The lowest BCUT2D eigenvalue weighted by molar-refractivity contribution is 0.0174. The summed E-state index contributed by atoms with van der Waals surface area (Å²) in [7, 11) is 4.55. The lowest BCUT2D eigenvalue weighted by Gasteiger charge is -2.50. The first-order chi connectivity index (χ1) is 9.84. The van der Waals surface area contributed by atoms with Crippen LogP contribution in [0.25, 0.3) is 0 Å². The molecule has 2 aliphatic heterocycles. The van der Waals surface area contributed by atoms with Gasteiger partial charge in [-0.15, -0.1) is 0 Å². The molecule has 3 unspecified atom stereocenters. The van der Waals surface area contributed by atoms with Crippen molar-refractivity contribution in [2.24, 2.45) is 5.92 Å². The molecule has 2 fully saturated rings. The zero-order valence-electron chi connectivity index (χ0n) is 15.0. The highest BCUT2D eigenvalue weighted by Gasteiger charge is 2.37. The highest BCUT2D eigenvalue weighted by molar-refractivity contribution is 4.97. The van der Waals surface area contributed by atoms with Crippen LogP contribution >= 0.6 is 0 Å². The summed E-state index contributed by atoms with van der Waals surface area (Å²) in [5, 5.41) is 3.80. The number of hydrogen-bond donors (Lipinski definition) is 1. The highest BCUT2D eigenvalue weighted by atomic mass is 15.3. The molecule has 4 nitrogen and oxygen atoms in total. The summed E-state index contributed by atoms with van der Waals surface area (Å²) >= 11 is 0. The molecule has 0 aromatic heterocycles. The lowest BCUT2D eigenvalue weighted by Crippen LogP contribution is -2.66. The summed E-state index contributed by atoms with van der Waals surface area (Å²) in [5.74, 6) is 0.713. The summed E-state index contributed by atoms with van der Waals surface area (Å²) in [5.41, 5.74) is 0.282. The van der Waals surface area contributed by atoms with Crippen molar-refractivity contribution in [3.8, 4) is 0 Å². The second kappa shape index (κ2) is 6.95. The van der Waals surface area contributed by atoms with Gasteiger partial charge >= 0.3 is 0 Å². The van der Waals surface area contributed by atoms with Crippen molar-refractivity contribution in [2.75, 3.05) is 53.4 Å². The molecule has 21 heavy (non-hydrogen) atoms. The number of rotatable bonds is 4. The van der Waals surface area contributed by atoms with Gasteiger partial charge in [-0.2, -0.15) is 0 Å². The minimum absolute atomic E-state index is 0.282. The van der Waals surface area contributed by atoms with Gasteiger partial charge in [-0.1, -0.05) is 20.8 Å². The Balaban J connectivity index is 2.05. The average molecular weight is 297 g/mol. The fourth-order valence-electron chi connectivity index (χ4n) is 3.76.